The first-order chi connectivity index (χ1) is 9.88. The molecule has 0 amide bonds. The minimum absolute atomic E-state index is 0.150. The van der Waals surface area contributed by atoms with E-state index in [1.54, 1.807) is 12.1 Å². The Kier molecular flexibility index (Phi) is 4.57. The molecule has 0 aliphatic heterocycles. The Morgan fingerprint density at radius 2 is 2.00 bits per heavy atom. The number of rotatable bonds is 4. The molecule has 21 heavy (non-hydrogen) atoms. The highest BCUT2D eigenvalue weighted by atomic mass is 35.5. The van der Waals surface area contributed by atoms with Gasteiger partial charge in [0.1, 0.15) is 0 Å². The number of hydrogen-bond acceptors (Lipinski definition) is 3. The molecule has 1 aromatic heterocycles. The predicted octanol–water partition coefficient (Wildman–Crippen LogP) is 3.96. The molecule has 1 heterocycles. The molecule has 1 aromatic carbocycles. The van der Waals surface area contributed by atoms with Crippen molar-refractivity contribution in [2.75, 3.05) is 12.3 Å². The van der Waals surface area contributed by atoms with Gasteiger partial charge in [0.2, 0.25) is 0 Å². The first kappa shape index (κ1) is 15.4. The number of nitrogen functional groups attached to an aromatic ring is 1. The maximum atomic E-state index is 12.6. The van der Waals surface area contributed by atoms with Crippen molar-refractivity contribution in [3.63, 3.8) is 0 Å². The van der Waals surface area contributed by atoms with Crippen LogP contribution in [0.25, 0.3) is 0 Å². The summed E-state index contributed by atoms with van der Waals surface area (Å²) in [5.74, 6) is 0.619. The van der Waals surface area contributed by atoms with E-state index in [4.69, 9.17) is 22.1 Å². The molecular formula is C14H12ClF3N2O. The Bertz CT molecular complexity index is 632. The van der Waals surface area contributed by atoms with E-state index in [0.717, 1.165) is 12.1 Å². The third-order valence-electron chi connectivity index (χ3n) is 2.80. The number of ether oxygens (including phenoxy) is 1. The number of nitrogens with two attached hydrogens (primary N) is 1. The number of alkyl halides is 3. The second-order valence-electron chi connectivity index (χ2n) is 4.29. The van der Waals surface area contributed by atoms with Gasteiger partial charge in [-0.3, -0.25) is 0 Å². The smallest absolute Gasteiger partial charge is 0.416 e. The minimum atomic E-state index is -4.39. The minimum Gasteiger partial charge on any atom is -0.489 e. The molecule has 7 heteroatoms. The number of anilines is 1. The van der Waals surface area contributed by atoms with Gasteiger partial charge in [-0.2, -0.15) is 13.2 Å². The number of halogens is 4. The van der Waals surface area contributed by atoms with Crippen molar-refractivity contribution in [3.05, 3.63) is 52.7 Å². The van der Waals surface area contributed by atoms with E-state index in [1.165, 1.54) is 12.3 Å². The van der Waals surface area contributed by atoms with E-state index in [-0.39, 0.29) is 23.9 Å². The van der Waals surface area contributed by atoms with Crippen molar-refractivity contribution in [3.8, 4) is 5.75 Å². The van der Waals surface area contributed by atoms with Crippen LogP contribution in [0.4, 0.5) is 19.0 Å². The lowest BCUT2D eigenvalue weighted by Gasteiger charge is -2.11. The average Bonchev–Trinajstić information content (AvgIpc) is 2.41. The molecule has 0 aliphatic carbocycles. The Hall–Kier alpha value is -1.95. The molecule has 0 bridgehead atoms. The molecule has 0 fully saturated rings. The zero-order chi connectivity index (χ0) is 15.5. The molecule has 3 nitrogen and oxygen atoms in total. The van der Waals surface area contributed by atoms with Gasteiger partial charge in [0.15, 0.2) is 11.6 Å². The van der Waals surface area contributed by atoms with Gasteiger partial charge in [0.25, 0.3) is 0 Å². The van der Waals surface area contributed by atoms with Gasteiger partial charge in [-0.05, 0) is 35.9 Å². The van der Waals surface area contributed by atoms with Crippen LogP contribution in [-0.2, 0) is 12.6 Å². The molecule has 2 rings (SSSR count). The summed E-state index contributed by atoms with van der Waals surface area (Å²) in [6, 6.07) is 6.50. The predicted molar refractivity (Wildman–Crippen MR) is 74.3 cm³/mol. The Balaban J connectivity index is 2.05. The summed E-state index contributed by atoms with van der Waals surface area (Å²) in [6.07, 6.45) is -2.64. The van der Waals surface area contributed by atoms with Crippen molar-refractivity contribution in [2.24, 2.45) is 0 Å². The third kappa shape index (κ3) is 4.01. The fourth-order valence-electron chi connectivity index (χ4n) is 1.74. The van der Waals surface area contributed by atoms with Gasteiger partial charge in [-0.25, -0.2) is 4.98 Å². The van der Waals surface area contributed by atoms with E-state index < -0.39 is 11.7 Å². The lowest BCUT2D eigenvalue weighted by molar-refractivity contribution is -0.137. The van der Waals surface area contributed by atoms with Crippen LogP contribution in [0.3, 0.4) is 0 Å². The van der Waals surface area contributed by atoms with Gasteiger partial charge in [0, 0.05) is 17.6 Å². The van der Waals surface area contributed by atoms with Gasteiger partial charge in [0.05, 0.1) is 12.2 Å². The first-order valence-electron chi connectivity index (χ1n) is 6.07. The van der Waals surface area contributed by atoms with Crippen molar-refractivity contribution in [1.82, 2.24) is 4.98 Å². The largest absolute Gasteiger partial charge is 0.489 e. The SMILES string of the molecule is Nc1ncccc1OCCc1cc(C(F)(F)F)ccc1Cl. The van der Waals surface area contributed by atoms with E-state index >= 15 is 0 Å². The van der Waals surface area contributed by atoms with Gasteiger partial charge >= 0.3 is 6.18 Å². The summed E-state index contributed by atoms with van der Waals surface area (Å²) in [6.45, 7) is 0.150. The van der Waals surface area contributed by atoms with Crippen molar-refractivity contribution in [1.29, 1.82) is 0 Å². The van der Waals surface area contributed by atoms with E-state index in [2.05, 4.69) is 4.98 Å². The molecule has 2 aromatic rings. The second-order valence-corrected chi connectivity index (χ2v) is 4.70. The van der Waals surface area contributed by atoms with Crippen LogP contribution in [0, 0.1) is 0 Å². The lowest BCUT2D eigenvalue weighted by atomic mass is 10.1. The molecule has 0 unspecified atom stereocenters. The molecule has 0 atom stereocenters. The summed E-state index contributed by atoms with van der Waals surface area (Å²) in [5.41, 5.74) is 5.24. The number of nitrogens with zero attached hydrogens (tertiary/aromatic N) is 1. The van der Waals surface area contributed by atoms with Crippen LogP contribution in [0.2, 0.25) is 5.02 Å². The van der Waals surface area contributed by atoms with Crippen molar-refractivity contribution < 1.29 is 17.9 Å². The number of benzene rings is 1. The van der Waals surface area contributed by atoms with Gasteiger partial charge in [-0.1, -0.05) is 11.6 Å². The topological polar surface area (TPSA) is 48.1 Å². The van der Waals surface area contributed by atoms with Crippen LogP contribution in [0.15, 0.2) is 36.5 Å². The van der Waals surface area contributed by atoms with Gasteiger partial charge < -0.3 is 10.5 Å². The van der Waals surface area contributed by atoms with Crippen molar-refractivity contribution >= 4 is 17.4 Å². The molecule has 112 valence electrons. The summed E-state index contributed by atoms with van der Waals surface area (Å²) < 4.78 is 43.3. The zero-order valence-corrected chi connectivity index (χ0v) is 11.6. The Morgan fingerprint density at radius 3 is 2.67 bits per heavy atom. The second kappa shape index (κ2) is 6.22. The molecular weight excluding hydrogens is 305 g/mol. The van der Waals surface area contributed by atoms with E-state index in [0.29, 0.717) is 11.3 Å². The average molecular weight is 317 g/mol. The molecule has 0 radical (unpaired) electrons. The fourth-order valence-corrected chi connectivity index (χ4v) is 1.95. The molecule has 0 aliphatic rings. The molecule has 2 N–H and O–H groups in total. The summed E-state index contributed by atoms with van der Waals surface area (Å²) in [4.78, 5) is 3.85. The summed E-state index contributed by atoms with van der Waals surface area (Å²) in [5, 5.41) is 0.269. The zero-order valence-electron chi connectivity index (χ0n) is 10.8. The van der Waals surface area contributed by atoms with Gasteiger partial charge in [-0.15, -0.1) is 0 Å². The third-order valence-corrected chi connectivity index (χ3v) is 3.17. The summed E-state index contributed by atoms with van der Waals surface area (Å²) in [7, 11) is 0. The van der Waals surface area contributed by atoms with Crippen LogP contribution in [-0.4, -0.2) is 11.6 Å². The lowest BCUT2D eigenvalue weighted by Crippen LogP contribution is -2.08. The van der Waals surface area contributed by atoms with Crippen LogP contribution in [0.5, 0.6) is 5.75 Å². The number of hydrogen-bond donors (Lipinski definition) is 1. The quantitative estimate of drug-likeness (QED) is 0.929. The standard InChI is InChI=1S/C14H12ClF3N2O/c15-11-4-3-10(14(16,17)18)8-9(11)5-7-21-12-2-1-6-20-13(12)19/h1-4,6,8H,5,7H2,(H2,19,20). The Labute approximate surface area is 124 Å². The van der Waals surface area contributed by atoms with Crippen LogP contribution in [0.1, 0.15) is 11.1 Å². The normalized spacial score (nSPS) is 11.4. The maximum absolute atomic E-state index is 12.6. The first-order valence-corrected chi connectivity index (χ1v) is 6.44. The number of aromatic nitrogens is 1. The highest BCUT2D eigenvalue weighted by Crippen LogP contribution is 2.32. The van der Waals surface area contributed by atoms with E-state index in [9.17, 15) is 13.2 Å². The van der Waals surface area contributed by atoms with Crippen LogP contribution >= 0.6 is 11.6 Å². The number of pyridine rings is 1. The summed E-state index contributed by atoms with van der Waals surface area (Å²) >= 11 is 5.90. The fraction of sp³-hybridized carbons (Fsp3) is 0.214. The maximum Gasteiger partial charge on any atom is 0.416 e. The highest BCUT2D eigenvalue weighted by Gasteiger charge is 2.30. The van der Waals surface area contributed by atoms with E-state index in [1.807, 2.05) is 0 Å². The molecule has 0 saturated carbocycles. The molecule has 0 saturated heterocycles. The van der Waals surface area contributed by atoms with Crippen LogP contribution < -0.4 is 10.5 Å². The monoisotopic (exact) mass is 316 g/mol. The highest BCUT2D eigenvalue weighted by molar-refractivity contribution is 6.31. The van der Waals surface area contributed by atoms with Crippen molar-refractivity contribution in [2.45, 2.75) is 12.6 Å². The Morgan fingerprint density at radius 1 is 1.24 bits per heavy atom. The molecule has 0 spiro atoms.